The highest BCUT2D eigenvalue weighted by Gasteiger charge is 2.22. The predicted molar refractivity (Wildman–Crippen MR) is 126 cm³/mol. The lowest BCUT2D eigenvalue weighted by Crippen LogP contribution is -2.35. The number of nitrogens with zero attached hydrogens (tertiary/aromatic N) is 2. The van der Waals surface area contributed by atoms with Gasteiger partial charge >= 0.3 is 0 Å². The van der Waals surface area contributed by atoms with Crippen LogP contribution >= 0.6 is 0 Å². The average molecular weight is 519 g/mol. The number of carbonyl (C=O) groups is 2. The topological polar surface area (TPSA) is 90.3 Å². The fraction of sp³-hybridized carbons (Fsp3) is 0.308. The Morgan fingerprint density at radius 2 is 1.65 bits per heavy atom. The zero-order valence-electron chi connectivity index (χ0n) is 20.4. The van der Waals surface area contributed by atoms with Crippen LogP contribution in [0.1, 0.15) is 37.5 Å². The molecule has 0 atom stereocenters. The number of aromatic nitrogens is 2. The number of hydrogen-bond donors (Lipinski definition) is 1. The minimum Gasteiger partial charge on any atom is -0.479 e. The van der Waals surface area contributed by atoms with E-state index in [9.17, 15) is 31.9 Å². The molecule has 11 heteroatoms. The summed E-state index contributed by atoms with van der Waals surface area (Å²) < 4.78 is 59.5. The Hall–Kier alpha value is -4.02. The van der Waals surface area contributed by atoms with Crippen LogP contribution in [0.3, 0.4) is 0 Å². The third kappa shape index (κ3) is 6.81. The first-order chi connectivity index (χ1) is 17.4. The molecule has 2 aromatic carbocycles. The van der Waals surface area contributed by atoms with Crippen molar-refractivity contribution in [2.24, 2.45) is 0 Å². The summed E-state index contributed by atoms with van der Waals surface area (Å²) in [7, 11) is 0. The van der Waals surface area contributed by atoms with Crippen LogP contribution in [0.5, 0.6) is 5.75 Å². The lowest BCUT2D eigenvalue weighted by molar-refractivity contribution is -0.125. The van der Waals surface area contributed by atoms with Crippen LogP contribution in [0.25, 0.3) is 0 Å². The van der Waals surface area contributed by atoms with E-state index in [1.54, 1.807) is 0 Å². The van der Waals surface area contributed by atoms with Gasteiger partial charge in [-0.3, -0.25) is 14.4 Å². The molecule has 0 aliphatic carbocycles. The maximum Gasteiger partial charge on any atom is 0.270 e. The van der Waals surface area contributed by atoms with Crippen molar-refractivity contribution in [3.8, 4) is 5.75 Å². The van der Waals surface area contributed by atoms with Crippen molar-refractivity contribution < 1.29 is 31.9 Å². The Balaban J connectivity index is 1.60. The number of carbonyl (C=O) groups excluding carboxylic acids is 2. The highest BCUT2D eigenvalue weighted by Crippen LogP contribution is 2.27. The molecule has 1 N–H and O–H groups in total. The molecule has 1 heterocycles. The normalized spacial score (nSPS) is 11.3. The summed E-state index contributed by atoms with van der Waals surface area (Å²) >= 11 is 0. The highest BCUT2D eigenvalue weighted by atomic mass is 19.2. The molecule has 0 radical (unpaired) electrons. The van der Waals surface area contributed by atoms with Gasteiger partial charge in [-0.25, -0.2) is 13.5 Å². The average Bonchev–Trinajstić information content (AvgIpc) is 2.83. The number of Topliss-reactive ketones (excluding diaryl/α,β-unsaturated/α-hetero) is 1. The van der Waals surface area contributed by atoms with Gasteiger partial charge in [0, 0.05) is 17.8 Å². The predicted octanol–water partition coefficient (Wildman–Crippen LogP) is 3.45. The molecule has 0 bridgehead atoms. The lowest BCUT2D eigenvalue weighted by Gasteiger charge is -2.23. The second-order valence-corrected chi connectivity index (χ2v) is 9.30. The summed E-state index contributed by atoms with van der Waals surface area (Å²) in [6.07, 6.45) is 1.04. The SMILES string of the molecule is CC(C)(C)c1ccccc1Cn1nccc(CC(=O)NCC(=O)COc2c(F)c(F)cc(F)c2F)c1=O. The molecular weight excluding hydrogens is 494 g/mol. The van der Waals surface area contributed by atoms with E-state index in [1.165, 1.54) is 16.9 Å². The molecule has 0 saturated carbocycles. The van der Waals surface area contributed by atoms with Crippen LogP contribution in [0.2, 0.25) is 0 Å². The van der Waals surface area contributed by atoms with Crippen LogP contribution in [0.15, 0.2) is 47.4 Å². The standard InChI is InChI=1S/C26H25F4N3O4/c1-26(2,3)18-7-5-4-6-16(18)13-33-25(36)15(8-9-32-33)10-21(35)31-12-17(34)14-37-24-22(29)19(27)11-20(28)23(24)30/h4-9,11H,10,12-14H2,1-3H3,(H,31,35). The van der Waals surface area contributed by atoms with Crippen molar-refractivity contribution in [3.05, 3.63) is 92.9 Å². The summed E-state index contributed by atoms with van der Waals surface area (Å²) in [5.74, 6) is -9.80. The van der Waals surface area contributed by atoms with E-state index in [4.69, 9.17) is 0 Å². The Morgan fingerprint density at radius 3 is 2.30 bits per heavy atom. The van der Waals surface area contributed by atoms with E-state index >= 15 is 0 Å². The van der Waals surface area contributed by atoms with Crippen molar-refractivity contribution in [2.75, 3.05) is 13.2 Å². The van der Waals surface area contributed by atoms with Gasteiger partial charge in [0.1, 0.15) is 6.61 Å². The molecule has 196 valence electrons. The van der Waals surface area contributed by atoms with Gasteiger partial charge in [-0.15, -0.1) is 0 Å². The first kappa shape index (κ1) is 27.6. The molecule has 0 fully saturated rings. The maximum atomic E-state index is 13.6. The van der Waals surface area contributed by atoms with Gasteiger partial charge in [0.05, 0.1) is 19.5 Å². The Bertz CT molecular complexity index is 1360. The summed E-state index contributed by atoms with van der Waals surface area (Å²) in [4.78, 5) is 37.1. The van der Waals surface area contributed by atoms with Gasteiger partial charge in [-0.1, -0.05) is 45.0 Å². The van der Waals surface area contributed by atoms with Crippen LogP contribution in [0.4, 0.5) is 17.6 Å². The van der Waals surface area contributed by atoms with Crippen LogP contribution in [0, 0.1) is 23.3 Å². The molecule has 1 aromatic heterocycles. The Labute approximate surface area is 210 Å². The maximum absolute atomic E-state index is 13.6. The van der Waals surface area contributed by atoms with E-state index in [2.05, 4.69) is 35.9 Å². The Kier molecular flexibility index (Phi) is 8.46. The monoisotopic (exact) mass is 519 g/mol. The number of rotatable bonds is 9. The fourth-order valence-electron chi connectivity index (χ4n) is 3.61. The van der Waals surface area contributed by atoms with E-state index in [0.717, 1.165) is 11.1 Å². The lowest BCUT2D eigenvalue weighted by atomic mass is 9.84. The van der Waals surface area contributed by atoms with Gasteiger partial charge < -0.3 is 10.1 Å². The van der Waals surface area contributed by atoms with E-state index in [-0.39, 0.29) is 30.0 Å². The molecule has 7 nitrogen and oxygen atoms in total. The summed E-state index contributed by atoms with van der Waals surface area (Å²) in [6, 6.07) is 9.06. The summed E-state index contributed by atoms with van der Waals surface area (Å²) in [5.41, 5.74) is 1.46. The first-order valence-electron chi connectivity index (χ1n) is 11.3. The van der Waals surface area contributed by atoms with Gasteiger partial charge in [0.25, 0.3) is 5.56 Å². The minimum absolute atomic E-state index is 0.00992. The number of hydrogen-bond acceptors (Lipinski definition) is 5. The molecule has 37 heavy (non-hydrogen) atoms. The molecule has 0 saturated heterocycles. The zero-order valence-corrected chi connectivity index (χ0v) is 20.4. The van der Waals surface area contributed by atoms with E-state index < -0.39 is 59.4 Å². The second kappa shape index (κ2) is 11.4. The third-order valence-electron chi connectivity index (χ3n) is 5.42. The molecule has 0 aliphatic heterocycles. The second-order valence-electron chi connectivity index (χ2n) is 9.30. The number of halogens is 4. The summed E-state index contributed by atoms with van der Waals surface area (Å²) in [5, 5.41) is 6.38. The van der Waals surface area contributed by atoms with E-state index in [0.29, 0.717) is 0 Å². The molecule has 3 rings (SSSR count). The van der Waals surface area contributed by atoms with Gasteiger partial charge in [0.2, 0.25) is 17.5 Å². The number of benzene rings is 2. The fourth-order valence-corrected chi connectivity index (χ4v) is 3.61. The van der Waals surface area contributed by atoms with Crippen LogP contribution in [-0.4, -0.2) is 34.6 Å². The molecule has 1 amide bonds. The van der Waals surface area contributed by atoms with Crippen molar-refractivity contribution in [1.82, 2.24) is 15.1 Å². The molecule has 0 aliphatic rings. The smallest absolute Gasteiger partial charge is 0.270 e. The minimum atomic E-state index is -1.78. The van der Waals surface area contributed by atoms with Crippen molar-refractivity contribution in [1.29, 1.82) is 0 Å². The zero-order chi connectivity index (χ0) is 27.3. The van der Waals surface area contributed by atoms with Crippen molar-refractivity contribution >= 4 is 11.7 Å². The molecular formula is C26H25F4N3O4. The van der Waals surface area contributed by atoms with Crippen LogP contribution in [-0.2, 0) is 28.0 Å². The summed E-state index contributed by atoms with van der Waals surface area (Å²) in [6.45, 7) is 4.81. The number of nitrogens with one attached hydrogen (secondary N) is 1. The number of amides is 1. The van der Waals surface area contributed by atoms with Gasteiger partial charge in [-0.05, 0) is 22.6 Å². The Morgan fingerprint density at radius 1 is 1.00 bits per heavy atom. The largest absolute Gasteiger partial charge is 0.479 e. The van der Waals surface area contributed by atoms with Crippen molar-refractivity contribution in [3.63, 3.8) is 0 Å². The molecule has 0 spiro atoms. The van der Waals surface area contributed by atoms with Crippen molar-refractivity contribution in [2.45, 2.75) is 39.2 Å². The number of ether oxygens (including phenoxy) is 1. The number of ketones is 1. The quantitative estimate of drug-likeness (QED) is 0.346. The van der Waals surface area contributed by atoms with Gasteiger partial charge in [0.15, 0.2) is 23.2 Å². The first-order valence-corrected chi connectivity index (χ1v) is 11.3. The van der Waals surface area contributed by atoms with Gasteiger partial charge in [-0.2, -0.15) is 13.9 Å². The molecule has 0 unspecified atom stereocenters. The van der Waals surface area contributed by atoms with E-state index in [1.807, 2.05) is 24.3 Å². The molecule has 3 aromatic rings. The highest BCUT2D eigenvalue weighted by molar-refractivity contribution is 5.87. The van der Waals surface area contributed by atoms with Crippen LogP contribution < -0.4 is 15.6 Å². The third-order valence-corrected chi connectivity index (χ3v) is 5.42.